The molecular formula is C27H28N4O5. The van der Waals surface area contributed by atoms with E-state index >= 15 is 0 Å². The summed E-state index contributed by atoms with van der Waals surface area (Å²) in [6.45, 7) is 4.31. The number of carbonyl (C=O) groups is 2. The van der Waals surface area contributed by atoms with Crippen LogP contribution in [-0.4, -0.2) is 39.5 Å². The highest BCUT2D eigenvalue weighted by Crippen LogP contribution is 2.15. The second-order valence-electron chi connectivity index (χ2n) is 8.19. The lowest BCUT2D eigenvalue weighted by Gasteiger charge is -2.15. The van der Waals surface area contributed by atoms with Gasteiger partial charge < -0.3 is 14.0 Å². The Labute approximate surface area is 207 Å². The Kier molecular flexibility index (Phi) is 7.58. The SMILES string of the molecule is CCCCCn1c(=NC(=O)c2cccc(OC)c2)c(C(=O)OCC)cc2c(=O)n3ccccc3nc21. The van der Waals surface area contributed by atoms with Gasteiger partial charge >= 0.3 is 5.97 Å². The monoisotopic (exact) mass is 488 g/mol. The van der Waals surface area contributed by atoms with Crippen LogP contribution in [0.2, 0.25) is 0 Å². The van der Waals surface area contributed by atoms with E-state index in [9.17, 15) is 14.4 Å². The molecule has 0 aliphatic rings. The van der Waals surface area contributed by atoms with Crippen LogP contribution in [0.5, 0.6) is 5.75 Å². The molecule has 1 aromatic carbocycles. The molecular weight excluding hydrogens is 460 g/mol. The van der Waals surface area contributed by atoms with Crippen LogP contribution in [0.1, 0.15) is 53.8 Å². The summed E-state index contributed by atoms with van der Waals surface area (Å²) in [5.74, 6) is -0.712. The lowest BCUT2D eigenvalue weighted by Crippen LogP contribution is -2.33. The Morgan fingerprint density at radius 3 is 2.64 bits per heavy atom. The van der Waals surface area contributed by atoms with E-state index in [0.29, 0.717) is 29.2 Å². The number of pyridine rings is 2. The van der Waals surface area contributed by atoms with Crippen molar-refractivity contribution in [2.45, 2.75) is 39.7 Å². The first-order chi connectivity index (χ1) is 17.5. The van der Waals surface area contributed by atoms with Gasteiger partial charge in [0.25, 0.3) is 11.5 Å². The van der Waals surface area contributed by atoms with E-state index in [1.54, 1.807) is 60.2 Å². The molecule has 3 aromatic heterocycles. The van der Waals surface area contributed by atoms with E-state index in [2.05, 4.69) is 11.9 Å². The molecule has 0 spiro atoms. The molecule has 0 saturated heterocycles. The highest BCUT2D eigenvalue weighted by molar-refractivity contribution is 5.97. The van der Waals surface area contributed by atoms with Crippen molar-refractivity contribution in [3.63, 3.8) is 0 Å². The summed E-state index contributed by atoms with van der Waals surface area (Å²) >= 11 is 0. The Morgan fingerprint density at radius 1 is 1.06 bits per heavy atom. The predicted octanol–water partition coefficient (Wildman–Crippen LogP) is 3.77. The van der Waals surface area contributed by atoms with Crippen molar-refractivity contribution < 1.29 is 19.1 Å². The number of fused-ring (bicyclic) bond motifs is 2. The average Bonchev–Trinajstić information content (AvgIpc) is 2.90. The van der Waals surface area contributed by atoms with Crippen LogP contribution < -0.4 is 15.8 Å². The number of rotatable bonds is 8. The van der Waals surface area contributed by atoms with Crippen molar-refractivity contribution in [3.8, 4) is 5.75 Å². The summed E-state index contributed by atoms with van der Waals surface area (Å²) in [6, 6.07) is 13.3. The van der Waals surface area contributed by atoms with Crippen LogP contribution in [0.4, 0.5) is 0 Å². The zero-order valence-electron chi connectivity index (χ0n) is 20.6. The maximum Gasteiger partial charge on any atom is 0.341 e. The molecule has 0 bridgehead atoms. The topological polar surface area (TPSA) is 104 Å². The summed E-state index contributed by atoms with van der Waals surface area (Å²) in [6.07, 6.45) is 4.24. The maximum atomic E-state index is 13.4. The average molecular weight is 489 g/mol. The molecule has 0 N–H and O–H groups in total. The summed E-state index contributed by atoms with van der Waals surface area (Å²) in [5.41, 5.74) is 0.927. The van der Waals surface area contributed by atoms with Crippen LogP contribution in [0.15, 0.2) is 64.5 Å². The summed E-state index contributed by atoms with van der Waals surface area (Å²) < 4.78 is 13.6. The van der Waals surface area contributed by atoms with E-state index in [1.807, 2.05) is 0 Å². The molecule has 186 valence electrons. The van der Waals surface area contributed by atoms with Crippen LogP contribution in [0, 0.1) is 0 Å². The van der Waals surface area contributed by atoms with Crippen molar-refractivity contribution in [1.82, 2.24) is 14.0 Å². The second kappa shape index (κ2) is 11.0. The van der Waals surface area contributed by atoms with Gasteiger partial charge in [0.1, 0.15) is 22.6 Å². The molecule has 3 heterocycles. The number of nitrogens with zero attached hydrogens (tertiary/aromatic N) is 4. The summed E-state index contributed by atoms with van der Waals surface area (Å²) in [5, 5.41) is 0.242. The molecule has 0 aliphatic heterocycles. The first-order valence-corrected chi connectivity index (χ1v) is 11.9. The molecule has 0 aliphatic carbocycles. The lowest BCUT2D eigenvalue weighted by molar-refractivity contribution is 0.0523. The van der Waals surface area contributed by atoms with Gasteiger partial charge in [-0.15, -0.1) is 0 Å². The van der Waals surface area contributed by atoms with Crippen molar-refractivity contribution >= 4 is 28.6 Å². The summed E-state index contributed by atoms with van der Waals surface area (Å²) in [4.78, 5) is 48.7. The van der Waals surface area contributed by atoms with Crippen molar-refractivity contribution in [2.75, 3.05) is 13.7 Å². The number of aryl methyl sites for hydroxylation is 1. The van der Waals surface area contributed by atoms with Gasteiger partial charge in [0.2, 0.25) is 0 Å². The van der Waals surface area contributed by atoms with Gasteiger partial charge in [0.05, 0.1) is 19.1 Å². The number of methoxy groups -OCH3 is 1. The van der Waals surface area contributed by atoms with Crippen LogP contribution in [-0.2, 0) is 11.3 Å². The molecule has 0 radical (unpaired) electrons. The minimum atomic E-state index is -0.668. The largest absolute Gasteiger partial charge is 0.497 e. The third-order valence-electron chi connectivity index (χ3n) is 5.79. The molecule has 1 amide bonds. The second-order valence-corrected chi connectivity index (χ2v) is 8.19. The standard InChI is InChI=1S/C27H28N4O5/c1-4-6-8-15-31-23-20(26(33)30-14-9-7-13-22(30)28-23)17-21(27(34)36-5-2)24(31)29-25(32)18-11-10-12-19(16-18)35-3/h7,9-14,16-17H,4-6,8,15H2,1-3H3. The Balaban J connectivity index is 2.07. The number of esters is 1. The fourth-order valence-corrected chi connectivity index (χ4v) is 4.01. The lowest BCUT2D eigenvalue weighted by atomic mass is 10.1. The Bertz CT molecular complexity index is 1570. The third-order valence-corrected chi connectivity index (χ3v) is 5.79. The number of unbranched alkanes of at least 4 members (excludes halogenated alkanes) is 2. The highest BCUT2D eigenvalue weighted by atomic mass is 16.5. The number of carbonyl (C=O) groups excluding carboxylic acids is 2. The normalized spacial score (nSPS) is 11.7. The fourth-order valence-electron chi connectivity index (χ4n) is 4.01. The van der Waals surface area contributed by atoms with Gasteiger partial charge in [0.15, 0.2) is 5.49 Å². The minimum Gasteiger partial charge on any atom is -0.497 e. The van der Waals surface area contributed by atoms with E-state index in [-0.39, 0.29) is 28.6 Å². The molecule has 0 saturated carbocycles. The number of hydrogen-bond donors (Lipinski definition) is 0. The van der Waals surface area contributed by atoms with Gasteiger partial charge in [-0.05, 0) is 49.7 Å². The molecule has 36 heavy (non-hydrogen) atoms. The molecule has 0 atom stereocenters. The van der Waals surface area contributed by atoms with Crippen LogP contribution >= 0.6 is 0 Å². The zero-order chi connectivity index (χ0) is 25.7. The maximum absolute atomic E-state index is 13.4. The van der Waals surface area contributed by atoms with E-state index < -0.39 is 11.9 Å². The minimum absolute atomic E-state index is 0.0341. The number of hydrogen-bond acceptors (Lipinski definition) is 6. The first kappa shape index (κ1) is 24.8. The van der Waals surface area contributed by atoms with Crippen molar-refractivity contribution in [3.05, 3.63) is 81.7 Å². The molecule has 4 aromatic rings. The smallest absolute Gasteiger partial charge is 0.341 e. The molecule has 4 rings (SSSR count). The number of ether oxygens (including phenoxy) is 2. The van der Waals surface area contributed by atoms with Crippen LogP contribution in [0.25, 0.3) is 16.7 Å². The molecule has 0 unspecified atom stereocenters. The van der Waals surface area contributed by atoms with Gasteiger partial charge in [-0.3, -0.25) is 14.0 Å². The fraction of sp³-hybridized carbons (Fsp3) is 0.296. The quantitative estimate of drug-likeness (QED) is 0.212. The van der Waals surface area contributed by atoms with Crippen molar-refractivity contribution in [2.24, 2.45) is 4.99 Å². The van der Waals surface area contributed by atoms with Gasteiger partial charge in [-0.25, -0.2) is 9.78 Å². The van der Waals surface area contributed by atoms with Crippen LogP contribution in [0.3, 0.4) is 0 Å². The number of benzene rings is 1. The van der Waals surface area contributed by atoms with Gasteiger partial charge in [-0.2, -0.15) is 4.99 Å². The van der Waals surface area contributed by atoms with E-state index in [0.717, 1.165) is 19.3 Å². The Hall–Kier alpha value is -4.27. The van der Waals surface area contributed by atoms with Gasteiger partial charge in [0, 0.05) is 18.3 Å². The molecule has 9 heteroatoms. The molecule has 9 nitrogen and oxygen atoms in total. The molecule has 0 fully saturated rings. The van der Waals surface area contributed by atoms with Crippen molar-refractivity contribution in [1.29, 1.82) is 0 Å². The van der Waals surface area contributed by atoms with E-state index in [1.165, 1.54) is 17.6 Å². The number of aromatic nitrogens is 3. The highest BCUT2D eigenvalue weighted by Gasteiger charge is 2.20. The predicted molar refractivity (Wildman–Crippen MR) is 135 cm³/mol. The third kappa shape index (κ3) is 4.91. The number of amides is 1. The van der Waals surface area contributed by atoms with Gasteiger partial charge in [-0.1, -0.05) is 31.9 Å². The summed E-state index contributed by atoms with van der Waals surface area (Å²) in [7, 11) is 1.51. The first-order valence-electron chi connectivity index (χ1n) is 11.9. The van der Waals surface area contributed by atoms with E-state index in [4.69, 9.17) is 14.5 Å². The Morgan fingerprint density at radius 2 is 1.89 bits per heavy atom. The zero-order valence-corrected chi connectivity index (χ0v) is 20.6.